The van der Waals surface area contributed by atoms with Crippen molar-refractivity contribution >= 4 is 5.91 Å². The topological polar surface area (TPSA) is 45.7 Å². The molecule has 2 aliphatic rings. The van der Waals surface area contributed by atoms with Crippen molar-refractivity contribution in [1.29, 1.82) is 0 Å². The van der Waals surface area contributed by atoms with Gasteiger partial charge in [-0.25, -0.2) is 4.98 Å². The van der Waals surface area contributed by atoms with Crippen molar-refractivity contribution in [2.24, 2.45) is 0 Å². The first kappa shape index (κ1) is 16.1. The highest BCUT2D eigenvalue weighted by atomic mass is 16.5. The summed E-state index contributed by atoms with van der Waals surface area (Å²) in [6.07, 6.45) is 5.68. The van der Waals surface area contributed by atoms with Gasteiger partial charge in [-0.15, -0.1) is 0 Å². The molecule has 0 spiro atoms. The van der Waals surface area contributed by atoms with Crippen molar-refractivity contribution in [1.82, 2.24) is 14.8 Å². The van der Waals surface area contributed by atoms with Crippen LogP contribution in [0.5, 0.6) is 11.6 Å². The molecule has 130 valence electrons. The molecular weight excluding hydrogens is 314 g/mol. The first-order valence-electron chi connectivity index (χ1n) is 9.02. The second kappa shape index (κ2) is 7.23. The van der Waals surface area contributed by atoms with Crippen LogP contribution >= 0.6 is 0 Å². The van der Waals surface area contributed by atoms with E-state index in [-0.39, 0.29) is 5.91 Å². The standard InChI is InChI=1S/C20H23N3O2/c24-20(23-13-11-22(12-14-23)17-6-4-7-17)16-5-3-8-18(15-16)25-19-9-1-2-10-21-19/h1-3,5,8-10,15,17H,4,6-7,11-14H2. The molecule has 1 aromatic heterocycles. The molecule has 0 atom stereocenters. The number of aromatic nitrogens is 1. The third-order valence-corrected chi connectivity index (χ3v) is 5.13. The summed E-state index contributed by atoms with van der Waals surface area (Å²) >= 11 is 0. The summed E-state index contributed by atoms with van der Waals surface area (Å²) in [7, 11) is 0. The van der Waals surface area contributed by atoms with E-state index in [0.29, 0.717) is 17.2 Å². The zero-order valence-corrected chi connectivity index (χ0v) is 14.3. The highest BCUT2D eigenvalue weighted by Crippen LogP contribution is 2.26. The van der Waals surface area contributed by atoms with Gasteiger partial charge in [0, 0.05) is 50.0 Å². The molecule has 4 rings (SSSR count). The average Bonchev–Trinajstić information content (AvgIpc) is 2.61. The highest BCUT2D eigenvalue weighted by molar-refractivity contribution is 5.94. The van der Waals surface area contributed by atoms with E-state index < -0.39 is 0 Å². The van der Waals surface area contributed by atoms with E-state index in [0.717, 1.165) is 32.2 Å². The molecule has 1 amide bonds. The number of carbonyl (C=O) groups is 1. The first-order valence-corrected chi connectivity index (χ1v) is 9.02. The number of carbonyl (C=O) groups excluding carboxylic acids is 1. The van der Waals surface area contributed by atoms with E-state index in [1.165, 1.54) is 19.3 Å². The van der Waals surface area contributed by atoms with Gasteiger partial charge in [-0.1, -0.05) is 18.6 Å². The molecule has 2 aromatic rings. The third-order valence-electron chi connectivity index (χ3n) is 5.13. The molecule has 0 radical (unpaired) electrons. The molecule has 1 aliphatic heterocycles. The Morgan fingerprint density at radius 1 is 1.04 bits per heavy atom. The van der Waals surface area contributed by atoms with Gasteiger partial charge in [-0.2, -0.15) is 0 Å². The molecule has 0 bridgehead atoms. The van der Waals surface area contributed by atoms with E-state index in [1.54, 1.807) is 18.3 Å². The molecule has 1 saturated carbocycles. The van der Waals surface area contributed by atoms with Crippen molar-refractivity contribution in [3.05, 3.63) is 54.2 Å². The summed E-state index contributed by atoms with van der Waals surface area (Å²) in [4.78, 5) is 21.4. The Morgan fingerprint density at radius 3 is 2.56 bits per heavy atom. The second-order valence-corrected chi connectivity index (χ2v) is 6.71. The van der Waals surface area contributed by atoms with E-state index in [1.807, 2.05) is 35.2 Å². The Kier molecular flexibility index (Phi) is 4.65. The van der Waals surface area contributed by atoms with Crippen molar-refractivity contribution < 1.29 is 9.53 Å². The van der Waals surface area contributed by atoms with Crippen molar-refractivity contribution in [2.45, 2.75) is 25.3 Å². The van der Waals surface area contributed by atoms with E-state index in [2.05, 4.69) is 9.88 Å². The number of rotatable bonds is 4. The molecular formula is C20H23N3O2. The van der Waals surface area contributed by atoms with E-state index in [4.69, 9.17) is 4.74 Å². The zero-order valence-electron chi connectivity index (χ0n) is 14.3. The molecule has 1 saturated heterocycles. The van der Waals surface area contributed by atoms with Crippen LogP contribution < -0.4 is 4.74 Å². The maximum atomic E-state index is 12.8. The summed E-state index contributed by atoms with van der Waals surface area (Å²) in [5.41, 5.74) is 0.672. The fourth-order valence-corrected chi connectivity index (χ4v) is 3.45. The predicted octanol–water partition coefficient (Wildman–Crippen LogP) is 3.18. The minimum absolute atomic E-state index is 0.0831. The number of hydrogen-bond donors (Lipinski definition) is 0. The lowest BCUT2D eigenvalue weighted by molar-refractivity contribution is 0.0455. The number of piperazine rings is 1. The lowest BCUT2D eigenvalue weighted by Gasteiger charge is -2.42. The quantitative estimate of drug-likeness (QED) is 0.860. The highest BCUT2D eigenvalue weighted by Gasteiger charge is 2.29. The molecule has 2 fully saturated rings. The molecule has 1 aromatic carbocycles. The fourth-order valence-electron chi connectivity index (χ4n) is 3.45. The Morgan fingerprint density at radius 2 is 1.88 bits per heavy atom. The van der Waals surface area contributed by atoms with Crippen LogP contribution in [0.3, 0.4) is 0 Å². The summed E-state index contributed by atoms with van der Waals surface area (Å²) in [6.45, 7) is 3.59. The molecule has 2 heterocycles. The monoisotopic (exact) mass is 337 g/mol. The smallest absolute Gasteiger partial charge is 0.254 e. The van der Waals surface area contributed by atoms with Gasteiger partial charge < -0.3 is 9.64 Å². The summed E-state index contributed by atoms with van der Waals surface area (Å²) < 4.78 is 5.74. The van der Waals surface area contributed by atoms with Crippen molar-refractivity contribution in [2.75, 3.05) is 26.2 Å². The summed E-state index contributed by atoms with van der Waals surface area (Å²) in [6, 6.07) is 13.6. The third kappa shape index (κ3) is 3.66. The zero-order chi connectivity index (χ0) is 17.1. The second-order valence-electron chi connectivity index (χ2n) is 6.71. The van der Waals surface area contributed by atoms with Gasteiger partial charge in [0.2, 0.25) is 5.88 Å². The Labute approximate surface area is 148 Å². The number of ether oxygens (including phenoxy) is 1. The SMILES string of the molecule is O=C(c1cccc(Oc2ccccn2)c1)N1CCN(C2CCC2)CC1. The van der Waals surface area contributed by atoms with E-state index in [9.17, 15) is 4.79 Å². The lowest BCUT2D eigenvalue weighted by atomic mass is 9.91. The van der Waals surface area contributed by atoms with E-state index >= 15 is 0 Å². The predicted molar refractivity (Wildman–Crippen MR) is 95.9 cm³/mol. The lowest BCUT2D eigenvalue weighted by Crippen LogP contribution is -2.53. The summed E-state index contributed by atoms with van der Waals surface area (Å²) in [5.74, 6) is 1.25. The molecule has 5 nitrogen and oxygen atoms in total. The minimum Gasteiger partial charge on any atom is -0.439 e. The number of pyridine rings is 1. The Balaban J connectivity index is 1.39. The molecule has 0 N–H and O–H groups in total. The van der Waals surface area contributed by atoms with Crippen LogP contribution in [0.15, 0.2) is 48.7 Å². The van der Waals surface area contributed by atoms with Crippen molar-refractivity contribution in [3.63, 3.8) is 0 Å². The average molecular weight is 337 g/mol. The number of hydrogen-bond acceptors (Lipinski definition) is 4. The molecule has 1 aliphatic carbocycles. The number of nitrogens with zero attached hydrogens (tertiary/aromatic N) is 3. The van der Waals surface area contributed by atoms with Crippen LogP contribution in [-0.4, -0.2) is 52.9 Å². The summed E-state index contributed by atoms with van der Waals surface area (Å²) in [5, 5.41) is 0. The van der Waals surface area contributed by atoms with Gasteiger partial charge in [-0.3, -0.25) is 9.69 Å². The Hall–Kier alpha value is -2.40. The van der Waals surface area contributed by atoms with Crippen molar-refractivity contribution in [3.8, 4) is 11.6 Å². The number of benzene rings is 1. The van der Waals surface area contributed by atoms with Gasteiger partial charge in [0.15, 0.2) is 0 Å². The molecule has 5 heteroatoms. The molecule has 0 unspecified atom stereocenters. The van der Waals surface area contributed by atoms with Crippen LogP contribution in [0.2, 0.25) is 0 Å². The fraction of sp³-hybridized carbons (Fsp3) is 0.400. The first-order chi connectivity index (χ1) is 12.3. The normalized spacial score (nSPS) is 18.6. The van der Waals surface area contributed by atoms with Gasteiger partial charge in [0.05, 0.1) is 0 Å². The van der Waals surface area contributed by atoms with Gasteiger partial charge in [-0.05, 0) is 37.1 Å². The van der Waals surface area contributed by atoms with Crippen LogP contribution in [0.4, 0.5) is 0 Å². The maximum Gasteiger partial charge on any atom is 0.254 e. The maximum absolute atomic E-state index is 12.8. The van der Waals surface area contributed by atoms with Crippen LogP contribution in [0, 0.1) is 0 Å². The van der Waals surface area contributed by atoms with Crippen LogP contribution in [0.1, 0.15) is 29.6 Å². The molecule has 25 heavy (non-hydrogen) atoms. The Bertz CT molecular complexity index is 723. The van der Waals surface area contributed by atoms with Gasteiger partial charge in [0.1, 0.15) is 5.75 Å². The largest absolute Gasteiger partial charge is 0.439 e. The number of amides is 1. The van der Waals surface area contributed by atoms with Crippen LogP contribution in [-0.2, 0) is 0 Å². The van der Waals surface area contributed by atoms with Gasteiger partial charge >= 0.3 is 0 Å². The van der Waals surface area contributed by atoms with Gasteiger partial charge in [0.25, 0.3) is 5.91 Å². The van der Waals surface area contributed by atoms with Crippen LogP contribution in [0.25, 0.3) is 0 Å². The minimum atomic E-state index is 0.0831.